The molecule has 0 bridgehead atoms. The van der Waals surface area contributed by atoms with Crippen LogP contribution in [0.3, 0.4) is 0 Å². The third kappa shape index (κ3) is 5.54. The molecule has 1 heterocycles. The molecule has 1 rings (SSSR count). The van der Waals surface area contributed by atoms with Crippen LogP contribution < -0.4 is 11.1 Å². The van der Waals surface area contributed by atoms with Crippen molar-refractivity contribution in [1.82, 2.24) is 5.32 Å². The Morgan fingerprint density at radius 3 is 2.67 bits per heavy atom. The molecule has 0 aliphatic rings. The molecule has 0 spiro atoms. The first-order valence-corrected chi connectivity index (χ1v) is 7.60. The number of nitrogens with one attached hydrogen (secondary N) is 1. The molecular formula is C14H24N2OS. The van der Waals surface area contributed by atoms with Gasteiger partial charge in [-0.3, -0.25) is 4.79 Å². The molecule has 1 aromatic rings. The van der Waals surface area contributed by atoms with Crippen LogP contribution in [0.5, 0.6) is 0 Å². The van der Waals surface area contributed by atoms with E-state index in [2.05, 4.69) is 19.2 Å². The van der Waals surface area contributed by atoms with Gasteiger partial charge in [-0.2, -0.15) is 0 Å². The zero-order valence-corrected chi connectivity index (χ0v) is 12.2. The Balaban J connectivity index is 2.05. The van der Waals surface area contributed by atoms with Gasteiger partial charge in [-0.25, -0.2) is 0 Å². The van der Waals surface area contributed by atoms with Crippen molar-refractivity contribution in [3.05, 3.63) is 16.3 Å². The first-order valence-electron chi connectivity index (χ1n) is 6.72. The van der Waals surface area contributed by atoms with Crippen molar-refractivity contribution >= 4 is 22.9 Å². The number of rotatable bonds is 8. The number of nitrogen functional groups attached to an aromatic ring is 1. The molecule has 1 amide bonds. The SMILES string of the molecule is CC(C)CCCCCCNC(=O)c1sccc1N. The second kappa shape index (κ2) is 8.14. The summed E-state index contributed by atoms with van der Waals surface area (Å²) in [4.78, 5) is 12.4. The van der Waals surface area contributed by atoms with E-state index in [1.807, 2.05) is 5.38 Å². The minimum absolute atomic E-state index is 0.0373. The van der Waals surface area contributed by atoms with Crippen molar-refractivity contribution in [2.75, 3.05) is 12.3 Å². The second-order valence-corrected chi connectivity index (χ2v) is 5.97. The predicted octanol–water partition coefficient (Wildman–Crippen LogP) is 3.67. The van der Waals surface area contributed by atoms with Crippen LogP contribution in [0.1, 0.15) is 55.6 Å². The Bertz CT molecular complexity index is 360. The minimum Gasteiger partial charge on any atom is -0.397 e. The summed E-state index contributed by atoms with van der Waals surface area (Å²) in [5, 5.41) is 4.76. The van der Waals surface area contributed by atoms with Crippen LogP contribution in [-0.2, 0) is 0 Å². The Morgan fingerprint density at radius 2 is 2.06 bits per heavy atom. The molecule has 1 aromatic heterocycles. The highest BCUT2D eigenvalue weighted by atomic mass is 32.1. The fourth-order valence-electron chi connectivity index (χ4n) is 1.82. The van der Waals surface area contributed by atoms with Crippen molar-refractivity contribution in [3.63, 3.8) is 0 Å². The molecule has 0 aliphatic heterocycles. The molecule has 0 unspecified atom stereocenters. The fraction of sp³-hybridized carbons (Fsp3) is 0.643. The summed E-state index contributed by atoms with van der Waals surface area (Å²) < 4.78 is 0. The number of unbranched alkanes of at least 4 members (excludes halogenated alkanes) is 3. The van der Waals surface area contributed by atoms with Gasteiger partial charge in [0.2, 0.25) is 0 Å². The fourth-order valence-corrected chi connectivity index (χ4v) is 2.55. The van der Waals surface area contributed by atoms with Crippen molar-refractivity contribution in [1.29, 1.82) is 0 Å². The summed E-state index contributed by atoms with van der Waals surface area (Å²) in [5.74, 6) is 0.760. The molecular weight excluding hydrogens is 244 g/mol. The lowest BCUT2D eigenvalue weighted by molar-refractivity contribution is 0.0958. The molecule has 0 aromatic carbocycles. The lowest BCUT2D eigenvalue weighted by Crippen LogP contribution is -2.24. The number of hydrogen-bond donors (Lipinski definition) is 2. The summed E-state index contributed by atoms with van der Waals surface area (Å²) in [7, 11) is 0. The van der Waals surface area contributed by atoms with Gasteiger partial charge in [-0.05, 0) is 23.8 Å². The Labute approximate surface area is 114 Å². The number of amides is 1. The number of thiophene rings is 1. The van der Waals surface area contributed by atoms with Gasteiger partial charge in [0.05, 0.1) is 5.69 Å². The van der Waals surface area contributed by atoms with Crippen LogP contribution in [0.4, 0.5) is 5.69 Å². The highest BCUT2D eigenvalue weighted by Crippen LogP contribution is 2.18. The van der Waals surface area contributed by atoms with Crippen LogP contribution in [0.2, 0.25) is 0 Å². The van der Waals surface area contributed by atoms with Gasteiger partial charge in [0.15, 0.2) is 0 Å². The molecule has 0 fully saturated rings. The summed E-state index contributed by atoms with van der Waals surface area (Å²) >= 11 is 1.40. The van der Waals surface area contributed by atoms with E-state index in [0.717, 1.165) is 18.9 Å². The summed E-state index contributed by atoms with van der Waals surface area (Å²) in [6.07, 6.45) is 6.10. The smallest absolute Gasteiger partial charge is 0.263 e. The van der Waals surface area contributed by atoms with Gasteiger partial charge in [0.25, 0.3) is 5.91 Å². The molecule has 0 saturated carbocycles. The van der Waals surface area contributed by atoms with Crippen molar-refractivity contribution in [3.8, 4) is 0 Å². The lowest BCUT2D eigenvalue weighted by atomic mass is 10.0. The zero-order valence-electron chi connectivity index (χ0n) is 11.4. The third-order valence-electron chi connectivity index (χ3n) is 2.90. The van der Waals surface area contributed by atoms with E-state index in [9.17, 15) is 4.79 Å². The molecule has 102 valence electrons. The van der Waals surface area contributed by atoms with E-state index in [4.69, 9.17) is 5.73 Å². The molecule has 0 aliphatic carbocycles. The molecule has 3 N–H and O–H groups in total. The van der Waals surface area contributed by atoms with Gasteiger partial charge in [0, 0.05) is 6.54 Å². The first kappa shape index (κ1) is 15.0. The van der Waals surface area contributed by atoms with E-state index in [1.165, 1.54) is 37.0 Å². The van der Waals surface area contributed by atoms with Crippen LogP contribution in [0.15, 0.2) is 11.4 Å². The summed E-state index contributed by atoms with van der Waals surface area (Å²) in [6, 6.07) is 1.77. The summed E-state index contributed by atoms with van der Waals surface area (Å²) in [5.41, 5.74) is 6.27. The van der Waals surface area contributed by atoms with Crippen molar-refractivity contribution in [2.24, 2.45) is 5.92 Å². The highest BCUT2D eigenvalue weighted by molar-refractivity contribution is 7.12. The van der Waals surface area contributed by atoms with Crippen molar-refractivity contribution in [2.45, 2.75) is 46.0 Å². The molecule has 0 radical (unpaired) electrons. The average Bonchev–Trinajstić information content (AvgIpc) is 2.73. The zero-order chi connectivity index (χ0) is 13.4. The quantitative estimate of drug-likeness (QED) is 0.707. The van der Waals surface area contributed by atoms with Gasteiger partial charge in [-0.1, -0.05) is 39.5 Å². The predicted molar refractivity (Wildman–Crippen MR) is 79.0 cm³/mol. The topological polar surface area (TPSA) is 55.1 Å². The van der Waals surface area contributed by atoms with Crippen LogP contribution in [0.25, 0.3) is 0 Å². The minimum atomic E-state index is -0.0373. The molecule has 4 heteroatoms. The number of hydrogen-bond acceptors (Lipinski definition) is 3. The van der Waals surface area contributed by atoms with Crippen LogP contribution >= 0.6 is 11.3 Å². The van der Waals surface area contributed by atoms with Gasteiger partial charge >= 0.3 is 0 Å². The molecule has 0 saturated heterocycles. The average molecular weight is 268 g/mol. The standard InChI is InChI=1S/C14H24N2OS/c1-11(2)7-5-3-4-6-9-16-14(17)13-12(15)8-10-18-13/h8,10-11H,3-7,9,15H2,1-2H3,(H,16,17). The van der Waals surface area contributed by atoms with Gasteiger partial charge < -0.3 is 11.1 Å². The molecule has 18 heavy (non-hydrogen) atoms. The van der Waals surface area contributed by atoms with Crippen LogP contribution in [0, 0.1) is 5.92 Å². The number of carbonyl (C=O) groups excluding carboxylic acids is 1. The van der Waals surface area contributed by atoms with Crippen molar-refractivity contribution < 1.29 is 4.79 Å². The number of anilines is 1. The lowest BCUT2D eigenvalue weighted by Gasteiger charge is -2.06. The maximum absolute atomic E-state index is 11.7. The van der Waals surface area contributed by atoms with E-state index in [0.29, 0.717) is 10.6 Å². The maximum Gasteiger partial charge on any atom is 0.263 e. The maximum atomic E-state index is 11.7. The summed E-state index contributed by atoms with van der Waals surface area (Å²) in [6.45, 7) is 5.26. The highest BCUT2D eigenvalue weighted by Gasteiger charge is 2.09. The normalized spacial score (nSPS) is 10.8. The Hall–Kier alpha value is -1.03. The number of carbonyl (C=O) groups is 1. The Kier molecular flexibility index (Phi) is 6.80. The molecule has 3 nitrogen and oxygen atoms in total. The number of nitrogens with two attached hydrogens (primary N) is 1. The van der Waals surface area contributed by atoms with E-state index >= 15 is 0 Å². The largest absolute Gasteiger partial charge is 0.397 e. The van der Waals surface area contributed by atoms with Gasteiger partial charge in [0.1, 0.15) is 4.88 Å². The monoisotopic (exact) mass is 268 g/mol. The Morgan fingerprint density at radius 1 is 1.33 bits per heavy atom. The van der Waals surface area contributed by atoms with Crippen LogP contribution in [-0.4, -0.2) is 12.5 Å². The van der Waals surface area contributed by atoms with E-state index in [-0.39, 0.29) is 5.91 Å². The van der Waals surface area contributed by atoms with E-state index < -0.39 is 0 Å². The van der Waals surface area contributed by atoms with E-state index in [1.54, 1.807) is 6.07 Å². The third-order valence-corrected chi connectivity index (χ3v) is 3.82. The molecule has 0 atom stereocenters. The second-order valence-electron chi connectivity index (χ2n) is 5.06. The first-order chi connectivity index (χ1) is 8.61. The van der Waals surface area contributed by atoms with Gasteiger partial charge in [-0.15, -0.1) is 11.3 Å².